The van der Waals surface area contributed by atoms with Gasteiger partial charge in [-0.25, -0.2) is 4.79 Å². The fourth-order valence-electron chi connectivity index (χ4n) is 2.30. The number of hydrogen-bond donors (Lipinski definition) is 1. The van der Waals surface area contributed by atoms with E-state index in [0.717, 1.165) is 24.2 Å². The largest absolute Gasteiger partial charge is 0.459 e. The van der Waals surface area contributed by atoms with Crippen molar-refractivity contribution in [3.63, 3.8) is 0 Å². The van der Waals surface area contributed by atoms with Crippen LogP contribution >= 0.6 is 12.6 Å². The van der Waals surface area contributed by atoms with Crippen molar-refractivity contribution in [3.05, 3.63) is 29.8 Å². The summed E-state index contributed by atoms with van der Waals surface area (Å²) in [6.07, 6.45) is 4.65. The van der Waals surface area contributed by atoms with Gasteiger partial charge in [-0.2, -0.15) is 0 Å². The minimum Gasteiger partial charge on any atom is -0.459 e. The molecule has 2 nitrogen and oxygen atoms in total. The molecule has 0 heterocycles. The molecule has 1 aromatic rings. The molecule has 1 aliphatic rings. The van der Waals surface area contributed by atoms with Crippen LogP contribution in [-0.4, -0.2) is 12.1 Å². The highest BCUT2D eigenvalue weighted by Crippen LogP contribution is 2.27. The number of thiol groups is 1. The molecule has 17 heavy (non-hydrogen) atoms. The van der Waals surface area contributed by atoms with Crippen molar-refractivity contribution in [2.24, 2.45) is 5.92 Å². The quantitative estimate of drug-likeness (QED) is 0.639. The summed E-state index contributed by atoms with van der Waals surface area (Å²) in [6.45, 7) is 2.16. The summed E-state index contributed by atoms with van der Waals surface area (Å²) in [7, 11) is 0. The summed E-state index contributed by atoms with van der Waals surface area (Å²) in [5.74, 6) is 0.256. The third-order valence-corrected chi connectivity index (χ3v) is 3.65. The highest BCUT2D eigenvalue weighted by molar-refractivity contribution is 7.80. The Balaban J connectivity index is 2.01. The molecule has 2 unspecified atom stereocenters. The van der Waals surface area contributed by atoms with Crippen LogP contribution in [0.2, 0.25) is 0 Å². The summed E-state index contributed by atoms with van der Waals surface area (Å²) < 4.78 is 5.57. The number of rotatable bonds is 2. The van der Waals surface area contributed by atoms with Crippen LogP contribution in [0.4, 0.5) is 0 Å². The summed E-state index contributed by atoms with van der Waals surface area (Å²) in [6, 6.07) is 7.20. The first-order valence-corrected chi connectivity index (χ1v) is 6.61. The molecule has 1 aliphatic carbocycles. The number of carbonyl (C=O) groups excluding carboxylic acids is 1. The molecule has 0 N–H and O–H groups in total. The van der Waals surface area contributed by atoms with Crippen LogP contribution in [0.3, 0.4) is 0 Å². The van der Waals surface area contributed by atoms with Crippen LogP contribution in [-0.2, 0) is 4.74 Å². The second kappa shape index (κ2) is 5.58. The molecular formula is C14H18O2S. The van der Waals surface area contributed by atoms with E-state index in [1.807, 2.05) is 12.1 Å². The van der Waals surface area contributed by atoms with Gasteiger partial charge in [0.05, 0.1) is 5.56 Å². The van der Waals surface area contributed by atoms with Crippen LogP contribution in [0.15, 0.2) is 29.2 Å². The Kier molecular flexibility index (Phi) is 4.11. The van der Waals surface area contributed by atoms with Crippen LogP contribution in [0, 0.1) is 5.92 Å². The van der Waals surface area contributed by atoms with Crippen LogP contribution in [0.25, 0.3) is 0 Å². The van der Waals surface area contributed by atoms with Gasteiger partial charge < -0.3 is 4.74 Å². The summed E-state index contributed by atoms with van der Waals surface area (Å²) in [5.41, 5.74) is 0.593. The van der Waals surface area contributed by atoms with E-state index in [1.165, 1.54) is 6.42 Å². The minimum absolute atomic E-state index is 0.0832. The molecule has 0 radical (unpaired) electrons. The lowest BCUT2D eigenvalue weighted by Crippen LogP contribution is -2.28. The lowest BCUT2D eigenvalue weighted by molar-refractivity contribution is 0.00479. The standard InChI is InChI=1S/C14H18O2S/c1-10-5-2-3-8-13(10)16-14(15)11-6-4-7-12(17)9-11/h4,6-7,9-10,13,17H,2-3,5,8H2,1H3. The Labute approximate surface area is 108 Å². The number of benzene rings is 1. The smallest absolute Gasteiger partial charge is 0.338 e. The fraction of sp³-hybridized carbons (Fsp3) is 0.500. The zero-order valence-corrected chi connectivity index (χ0v) is 11.0. The van der Waals surface area contributed by atoms with Crippen molar-refractivity contribution in [1.29, 1.82) is 0 Å². The van der Waals surface area contributed by atoms with Gasteiger partial charge in [-0.3, -0.25) is 0 Å². The molecule has 0 saturated heterocycles. The maximum absolute atomic E-state index is 12.0. The Hall–Kier alpha value is -0.960. The average molecular weight is 250 g/mol. The Morgan fingerprint density at radius 2 is 2.12 bits per heavy atom. The first-order chi connectivity index (χ1) is 8.16. The fourth-order valence-corrected chi connectivity index (χ4v) is 2.52. The molecule has 2 atom stereocenters. The van der Waals surface area contributed by atoms with E-state index in [4.69, 9.17) is 4.74 Å². The van der Waals surface area contributed by atoms with Gasteiger partial charge in [-0.05, 0) is 43.4 Å². The molecule has 1 saturated carbocycles. The van der Waals surface area contributed by atoms with Crippen molar-refractivity contribution in [2.75, 3.05) is 0 Å². The molecule has 2 rings (SSSR count). The molecule has 3 heteroatoms. The maximum Gasteiger partial charge on any atom is 0.338 e. The van der Waals surface area contributed by atoms with Gasteiger partial charge in [0.2, 0.25) is 0 Å². The maximum atomic E-state index is 12.0. The average Bonchev–Trinajstić information content (AvgIpc) is 2.32. The second-order valence-electron chi connectivity index (χ2n) is 4.76. The zero-order chi connectivity index (χ0) is 12.3. The molecule has 1 fully saturated rings. The number of esters is 1. The minimum atomic E-state index is -0.223. The first kappa shape index (κ1) is 12.5. The molecule has 0 amide bonds. The Morgan fingerprint density at radius 1 is 1.35 bits per heavy atom. The van der Waals surface area contributed by atoms with Crippen LogP contribution < -0.4 is 0 Å². The Bertz CT molecular complexity index is 403. The van der Waals surface area contributed by atoms with Gasteiger partial charge in [0.1, 0.15) is 6.10 Å². The lowest BCUT2D eigenvalue weighted by atomic mass is 9.88. The van der Waals surface area contributed by atoms with E-state index in [1.54, 1.807) is 12.1 Å². The molecule has 0 aliphatic heterocycles. The summed E-state index contributed by atoms with van der Waals surface area (Å²) >= 11 is 4.22. The van der Waals surface area contributed by atoms with Crippen molar-refractivity contribution < 1.29 is 9.53 Å². The van der Waals surface area contributed by atoms with E-state index >= 15 is 0 Å². The predicted octanol–water partition coefficient (Wildman–Crippen LogP) is 3.71. The molecule has 0 spiro atoms. The number of hydrogen-bond acceptors (Lipinski definition) is 3. The van der Waals surface area contributed by atoms with Gasteiger partial charge >= 0.3 is 5.97 Å². The zero-order valence-electron chi connectivity index (χ0n) is 10.1. The van der Waals surface area contributed by atoms with Gasteiger partial charge in [0, 0.05) is 4.90 Å². The van der Waals surface area contributed by atoms with Crippen LogP contribution in [0.5, 0.6) is 0 Å². The summed E-state index contributed by atoms with van der Waals surface area (Å²) in [5, 5.41) is 0. The van der Waals surface area contributed by atoms with Crippen molar-refractivity contribution in [3.8, 4) is 0 Å². The normalized spacial score (nSPS) is 24.4. The summed E-state index contributed by atoms with van der Waals surface area (Å²) in [4.78, 5) is 12.7. The third-order valence-electron chi connectivity index (χ3n) is 3.37. The van der Waals surface area contributed by atoms with Gasteiger partial charge in [-0.15, -0.1) is 12.6 Å². The van der Waals surface area contributed by atoms with Crippen molar-refractivity contribution >= 4 is 18.6 Å². The first-order valence-electron chi connectivity index (χ1n) is 6.17. The van der Waals surface area contributed by atoms with Gasteiger partial charge in [0.15, 0.2) is 0 Å². The van der Waals surface area contributed by atoms with E-state index in [2.05, 4.69) is 19.6 Å². The van der Waals surface area contributed by atoms with E-state index < -0.39 is 0 Å². The topological polar surface area (TPSA) is 26.3 Å². The van der Waals surface area contributed by atoms with E-state index in [-0.39, 0.29) is 12.1 Å². The Morgan fingerprint density at radius 3 is 2.82 bits per heavy atom. The third kappa shape index (κ3) is 3.25. The second-order valence-corrected chi connectivity index (χ2v) is 5.27. The van der Waals surface area contributed by atoms with Crippen LogP contribution in [0.1, 0.15) is 43.0 Å². The molecule has 0 bridgehead atoms. The predicted molar refractivity (Wildman–Crippen MR) is 70.5 cm³/mol. The van der Waals surface area contributed by atoms with Gasteiger partial charge in [-0.1, -0.05) is 19.4 Å². The highest BCUT2D eigenvalue weighted by atomic mass is 32.1. The van der Waals surface area contributed by atoms with Crippen molar-refractivity contribution in [2.45, 2.75) is 43.6 Å². The van der Waals surface area contributed by atoms with Crippen molar-refractivity contribution in [1.82, 2.24) is 0 Å². The lowest BCUT2D eigenvalue weighted by Gasteiger charge is -2.28. The number of ether oxygens (including phenoxy) is 1. The molecule has 1 aromatic carbocycles. The van der Waals surface area contributed by atoms with E-state index in [0.29, 0.717) is 11.5 Å². The highest BCUT2D eigenvalue weighted by Gasteiger charge is 2.25. The van der Waals surface area contributed by atoms with E-state index in [9.17, 15) is 4.79 Å². The SMILES string of the molecule is CC1CCCCC1OC(=O)c1cccc(S)c1. The monoisotopic (exact) mass is 250 g/mol. The molecule has 0 aromatic heterocycles. The molecular weight excluding hydrogens is 232 g/mol. The number of carbonyl (C=O) groups is 1. The van der Waals surface area contributed by atoms with Gasteiger partial charge in [0.25, 0.3) is 0 Å². The molecule has 92 valence electrons.